The van der Waals surface area contributed by atoms with E-state index in [2.05, 4.69) is 28.6 Å². The lowest BCUT2D eigenvalue weighted by atomic mass is 9.83. The average molecular weight is 362 g/mol. The van der Waals surface area contributed by atoms with E-state index in [4.69, 9.17) is 9.47 Å². The summed E-state index contributed by atoms with van der Waals surface area (Å²) in [6.07, 6.45) is 6.32. The fraction of sp³-hybridized carbons (Fsp3) is 0.667. The van der Waals surface area contributed by atoms with Gasteiger partial charge >= 0.3 is 0 Å². The molecule has 0 aromatic heterocycles. The monoisotopic (exact) mass is 361 g/mol. The zero-order valence-electron chi connectivity index (χ0n) is 16.6. The number of aliphatic imine (C=N–C) groups is 1. The van der Waals surface area contributed by atoms with Gasteiger partial charge in [-0.3, -0.25) is 4.99 Å². The second kappa shape index (κ2) is 11.1. The van der Waals surface area contributed by atoms with Gasteiger partial charge in [0.05, 0.1) is 6.61 Å². The van der Waals surface area contributed by atoms with Crippen molar-refractivity contribution in [2.24, 2.45) is 10.4 Å². The molecule has 0 radical (unpaired) electrons. The van der Waals surface area contributed by atoms with Crippen molar-refractivity contribution in [3.05, 3.63) is 29.8 Å². The molecule has 146 valence electrons. The minimum Gasteiger partial charge on any atom is -0.494 e. The first kappa shape index (κ1) is 20.6. The van der Waals surface area contributed by atoms with Crippen LogP contribution >= 0.6 is 0 Å². The van der Waals surface area contributed by atoms with Crippen LogP contribution in [0.5, 0.6) is 5.75 Å². The van der Waals surface area contributed by atoms with Crippen LogP contribution in [-0.4, -0.2) is 39.4 Å². The molecule has 0 heterocycles. The number of nitrogens with one attached hydrogen (secondary N) is 2. The SMILES string of the molecule is CCOCCC1(CNC(=NC)NCc2ccccc2OCC)CCCC1. The van der Waals surface area contributed by atoms with E-state index < -0.39 is 0 Å². The Bertz CT molecular complexity index is 554. The molecule has 2 rings (SSSR count). The number of ether oxygens (including phenoxy) is 2. The molecule has 1 aliphatic rings. The third-order valence-corrected chi connectivity index (χ3v) is 5.22. The summed E-state index contributed by atoms with van der Waals surface area (Å²) in [6, 6.07) is 8.14. The summed E-state index contributed by atoms with van der Waals surface area (Å²) in [7, 11) is 1.82. The van der Waals surface area contributed by atoms with Gasteiger partial charge in [0.1, 0.15) is 5.75 Å². The normalized spacial score (nSPS) is 16.5. The van der Waals surface area contributed by atoms with E-state index in [1.54, 1.807) is 0 Å². The van der Waals surface area contributed by atoms with E-state index >= 15 is 0 Å². The maximum atomic E-state index is 5.70. The molecule has 0 saturated heterocycles. The number of rotatable bonds is 10. The lowest BCUT2D eigenvalue weighted by molar-refractivity contribution is 0.105. The number of hydrogen-bond acceptors (Lipinski definition) is 3. The van der Waals surface area contributed by atoms with Crippen LogP contribution in [0.15, 0.2) is 29.3 Å². The second-order valence-electron chi connectivity index (χ2n) is 6.97. The van der Waals surface area contributed by atoms with E-state index in [1.807, 2.05) is 32.2 Å². The average Bonchev–Trinajstić information content (AvgIpc) is 3.12. The van der Waals surface area contributed by atoms with Gasteiger partial charge < -0.3 is 20.1 Å². The summed E-state index contributed by atoms with van der Waals surface area (Å²) >= 11 is 0. The highest BCUT2D eigenvalue weighted by molar-refractivity contribution is 5.79. The fourth-order valence-corrected chi connectivity index (χ4v) is 3.69. The van der Waals surface area contributed by atoms with Crippen LogP contribution in [0.25, 0.3) is 0 Å². The van der Waals surface area contributed by atoms with Gasteiger partial charge in [-0.1, -0.05) is 31.0 Å². The summed E-state index contributed by atoms with van der Waals surface area (Å²) in [5.74, 6) is 1.78. The molecular formula is C21H35N3O2. The Labute approximate surface area is 158 Å². The predicted octanol–water partition coefficient (Wildman–Crippen LogP) is 3.74. The van der Waals surface area contributed by atoms with Gasteiger partial charge in [-0.15, -0.1) is 0 Å². The Morgan fingerprint density at radius 1 is 1.12 bits per heavy atom. The van der Waals surface area contributed by atoms with Crippen LogP contribution in [0.4, 0.5) is 0 Å². The molecule has 0 unspecified atom stereocenters. The summed E-state index contributed by atoms with van der Waals surface area (Å²) in [4.78, 5) is 4.39. The van der Waals surface area contributed by atoms with Crippen molar-refractivity contribution >= 4 is 5.96 Å². The topological polar surface area (TPSA) is 54.9 Å². The highest BCUT2D eigenvalue weighted by Gasteiger charge is 2.33. The number of hydrogen-bond donors (Lipinski definition) is 2. The molecule has 0 amide bonds. The predicted molar refractivity (Wildman–Crippen MR) is 108 cm³/mol. The lowest BCUT2D eigenvalue weighted by Gasteiger charge is -2.30. The maximum Gasteiger partial charge on any atom is 0.191 e. The molecule has 1 saturated carbocycles. The Hall–Kier alpha value is -1.75. The minimum absolute atomic E-state index is 0.343. The van der Waals surface area contributed by atoms with Gasteiger partial charge in [-0.25, -0.2) is 0 Å². The molecule has 0 atom stereocenters. The zero-order chi connectivity index (χ0) is 18.7. The first-order valence-corrected chi connectivity index (χ1v) is 9.96. The summed E-state index contributed by atoms with van der Waals surface area (Å²) in [5.41, 5.74) is 1.49. The van der Waals surface area contributed by atoms with Crippen molar-refractivity contribution in [2.75, 3.05) is 33.4 Å². The van der Waals surface area contributed by atoms with Crippen molar-refractivity contribution in [3.63, 3.8) is 0 Å². The summed E-state index contributed by atoms with van der Waals surface area (Å²) < 4.78 is 11.3. The Morgan fingerprint density at radius 2 is 1.88 bits per heavy atom. The van der Waals surface area contributed by atoms with Crippen LogP contribution in [0.2, 0.25) is 0 Å². The fourth-order valence-electron chi connectivity index (χ4n) is 3.69. The highest BCUT2D eigenvalue weighted by Crippen LogP contribution is 2.40. The maximum absolute atomic E-state index is 5.70. The zero-order valence-corrected chi connectivity index (χ0v) is 16.6. The molecule has 0 spiro atoms. The first-order valence-electron chi connectivity index (χ1n) is 9.96. The number of nitrogens with zero attached hydrogens (tertiary/aromatic N) is 1. The van der Waals surface area contributed by atoms with Crippen molar-refractivity contribution in [2.45, 2.75) is 52.5 Å². The van der Waals surface area contributed by atoms with Crippen molar-refractivity contribution in [1.29, 1.82) is 0 Å². The van der Waals surface area contributed by atoms with Gasteiger partial charge in [0.2, 0.25) is 0 Å². The number of guanidine groups is 1. The highest BCUT2D eigenvalue weighted by atomic mass is 16.5. The molecule has 26 heavy (non-hydrogen) atoms. The molecule has 1 aromatic carbocycles. The molecule has 5 nitrogen and oxygen atoms in total. The number of para-hydroxylation sites is 1. The first-order chi connectivity index (χ1) is 12.7. The third kappa shape index (κ3) is 6.20. The smallest absolute Gasteiger partial charge is 0.191 e. The molecular weight excluding hydrogens is 326 g/mol. The second-order valence-corrected chi connectivity index (χ2v) is 6.97. The quantitative estimate of drug-likeness (QED) is 0.379. The Kier molecular flexibility index (Phi) is 8.75. The van der Waals surface area contributed by atoms with E-state index in [1.165, 1.54) is 25.7 Å². The van der Waals surface area contributed by atoms with Gasteiger partial charge in [0.25, 0.3) is 0 Å². The standard InChI is InChI=1S/C21H35N3O2/c1-4-25-15-14-21(12-8-9-13-21)17-24-20(22-3)23-16-18-10-6-7-11-19(18)26-5-2/h6-7,10-11H,4-5,8-9,12-17H2,1-3H3,(H2,22,23,24). The minimum atomic E-state index is 0.343. The number of benzene rings is 1. The van der Waals surface area contributed by atoms with Crippen molar-refractivity contribution < 1.29 is 9.47 Å². The third-order valence-electron chi connectivity index (χ3n) is 5.22. The molecule has 5 heteroatoms. The van der Waals surface area contributed by atoms with Crippen molar-refractivity contribution in [1.82, 2.24) is 10.6 Å². The van der Waals surface area contributed by atoms with Crippen LogP contribution in [0, 0.1) is 5.41 Å². The van der Waals surface area contributed by atoms with E-state index in [-0.39, 0.29) is 0 Å². The van der Waals surface area contributed by atoms with E-state index in [0.29, 0.717) is 18.6 Å². The van der Waals surface area contributed by atoms with Crippen molar-refractivity contribution in [3.8, 4) is 5.75 Å². The van der Waals surface area contributed by atoms with Gasteiger partial charge in [-0.05, 0) is 44.6 Å². The molecule has 2 N–H and O–H groups in total. The van der Waals surface area contributed by atoms with E-state index in [9.17, 15) is 0 Å². The summed E-state index contributed by atoms with van der Waals surface area (Å²) in [6.45, 7) is 8.04. The van der Waals surface area contributed by atoms with Crippen LogP contribution in [0.1, 0.15) is 51.5 Å². The Morgan fingerprint density at radius 3 is 2.58 bits per heavy atom. The summed E-state index contributed by atoms with van der Waals surface area (Å²) in [5, 5.41) is 6.96. The van der Waals surface area contributed by atoms with Gasteiger partial charge in [0.15, 0.2) is 5.96 Å². The van der Waals surface area contributed by atoms with Crippen LogP contribution in [0.3, 0.4) is 0 Å². The van der Waals surface area contributed by atoms with E-state index in [0.717, 1.165) is 43.5 Å². The molecule has 1 fully saturated rings. The van der Waals surface area contributed by atoms with Crippen LogP contribution < -0.4 is 15.4 Å². The van der Waals surface area contributed by atoms with Gasteiger partial charge in [0, 0.05) is 38.9 Å². The molecule has 0 aliphatic heterocycles. The largest absolute Gasteiger partial charge is 0.494 e. The molecule has 1 aliphatic carbocycles. The Balaban J connectivity index is 1.87. The van der Waals surface area contributed by atoms with Gasteiger partial charge in [-0.2, -0.15) is 0 Å². The molecule has 0 bridgehead atoms. The van der Waals surface area contributed by atoms with Crippen LogP contribution in [-0.2, 0) is 11.3 Å². The lowest BCUT2D eigenvalue weighted by Crippen LogP contribution is -2.43. The molecule has 1 aromatic rings.